The minimum absolute atomic E-state index is 0. The molecular weight excluding hydrogens is 457 g/mol. The van der Waals surface area contributed by atoms with E-state index < -0.39 is 0 Å². The van der Waals surface area contributed by atoms with Crippen LogP contribution in [-0.4, -0.2) is 49.1 Å². The summed E-state index contributed by atoms with van der Waals surface area (Å²) in [5.74, 6) is 1.45. The quantitative estimate of drug-likeness (QED) is 0.407. The zero-order valence-electron chi connectivity index (χ0n) is 15.7. The molecule has 142 valence electrons. The van der Waals surface area contributed by atoms with Crippen LogP contribution in [0.2, 0.25) is 0 Å². The molecule has 1 fully saturated rings. The molecule has 1 aliphatic rings. The molecular formula is C19H28IN5S. The molecule has 0 radical (unpaired) electrons. The number of aliphatic imine (C=N–C) groups is 1. The second-order valence-electron chi connectivity index (χ2n) is 6.54. The Balaban J connectivity index is 0.00000243. The number of nitrogens with one attached hydrogen (secondary N) is 1. The van der Waals surface area contributed by atoms with Crippen LogP contribution in [0.1, 0.15) is 30.5 Å². The average molecular weight is 485 g/mol. The molecule has 1 aliphatic heterocycles. The molecule has 26 heavy (non-hydrogen) atoms. The highest BCUT2D eigenvalue weighted by molar-refractivity contribution is 14.0. The molecule has 0 saturated carbocycles. The van der Waals surface area contributed by atoms with Gasteiger partial charge < -0.3 is 15.1 Å². The van der Waals surface area contributed by atoms with Crippen LogP contribution in [0.15, 0.2) is 40.7 Å². The van der Waals surface area contributed by atoms with Gasteiger partial charge in [-0.3, -0.25) is 4.99 Å². The van der Waals surface area contributed by atoms with Gasteiger partial charge in [-0.25, -0.2) is 4.98 Å². The molecule has 0 bridgehead atoms. The summed E-state index contributed by atoms with van der Waals surface area (Å²) in [7, 11) is 1.85. The third-order valence-corrected chi connectivity index (χ3v) is 5.60. The first-order chi connectivity index (χ1) is 12.2. The van der Waals surface area contributed by atoms with E-state index in [2.05, 4.69) is 74.7 Å². The fraction of sp³-hybridized carbons (Fsp3) is 0.474. The van der Waals surface area contributed by atoms with E-state index in [1.165, 1.54) is 10.7 Å². The molecule has 1 aromatic carbocycles. The van der Waals surface area contributed by atoms with Crippen molar-refractivity contribution in [3.8, 4) is 0 Å². The van der Waals surface area contributed by atoms with Crippen molar-refractivity contribution in [1.82, 2.24) is 15.2 Å². The van der Waals surface area contributed by atoms with Crippen molar-refractivity contribution in [2.24, 2.45) is 4.99 Å². The second-order valence-corrected chi connectivity index (χ2v) is 7.43. The van der Waals surface area contributed by atoms with Crippen molar-refractivity contribution in [3.05, 3.63) is 46.4 Å². The normalized spacial score (nSPS) is 15.2. The second kappa shape index (κ2) is 10.1. The molecule has 5 nitrogen and oxygen atoms in total. The number of anilines is 1. The molecule has 7 heteroatoms. The monoisotopic (exact) mass is 485 g/mol. The predicted octanol–water partition coefficient (Wildman–Crippen LogP) is 3.78. The van der Waals surface area contributed by atoms with Crippen LogP contribution in [0.3, 0.4) is 0 Å². The average Bonchev–Trinajstić information content (AvgIpc) is 3.13. The summed E-state index contributed by atoms with van der Waals surface area (Å²) in [5.41, 5.74) is 2.39. The molecule has 0 amide bonds. The third kappa shape index (κ3) is 5.33. The predicted molar refractivity (Wildman–Crippen MR) is 122 cm³/mol. The summed E-state index contributed by atoms with van der Waals surface area (Å²) >= 11 is 1.74. The lowest BCUT2D eigenvalue weighted by Crippen LogP contribution is -2.52. The van der Waals surface area contributed by atoms with Crippen molar-refractivity contribution >= 4 is 47.0 Å². The van der Waals surface area contributed by atoms with Gasteiger partial charge >= 0.3 is 0 Å². The Morgan fingerprint density at radius 1 is 1.19 bits per heavy atom. The highest BCUT2D eigenvalue weighted by atomic mass is 127. The lowest BCUT2D eigenvalue weighted by atomic mass is 10.2. The molecule has 1 aromatic heterocycles. The highest BCUT2D eigenvalue weighted by Crippen LogP contribution is 2.19. The molecule has 0 spiro atoms. The molecule has 0 unspecified atom stereocenters. The number of rotatable bonds is 4. The smallest absolute Gasteiger partial charge is 0.194 e. The lowest BCUT2D eigenvalue weighted by molar-refractivity contribution is 0.372. The number of guanidine groups is 1. The Kier molecular flexibility index (Phi) is 8.15. The largest absolute Gasteiger partial charge is 0.368 e. The van der Waals surface area contributed by atoms with Crippen LogP contribution in [0, 0.1) is 0 Å². The number of hydrogen-bond donors (Lipinski definition) is 1. The zero-order valence-corrected chi connectivity index (χ0v) is 18.8. The summed E-state index contributed by atoms with van der Waals surface area (Å²) in [5, 5.41) is 6.80. The van der Waals surface area contributed by atoms with Crippen molar-refractivity contribution in [2.75, 3.05) is 38.1 Å². The van der Waals surface area contributed by atoms with E-state index in [4.69, 9.17) is 0 Å². The van der Waals surface area contributed by atoms with Crippen LogP contribution >= 0.6 is 35.3 Å². The van der Waals surface area contributed by atoms with Crippen molar-refractivity contribution in [1.29, 1.82) is 0 Å². The van der Waals surface area contributed by atoms with E-state index in [0.717, 1.165) is 44.4 Å². The minimum atomic E-state index is 0. The summed E-state index contributed by atoms with van der Waals surface area (Å²) in [4.78, 5) is 13.9. The van der Waals surface area contributed by atoms with Crippen molar-refractivity contribution in [3.63, 3.8) is 0 Å². The van der Waals surface area contributed by atoms with Gasteiger partial charge in [0.2, 0.25) is 0 Å². The fourth-order valence-electron chi connectivity index (χ4n) is 2.99. The first-order valence-electron chi connectivity index (χ1n) is 8.87. The lowest BCUT2D eigenvalue weighted by Gasteiger charge is -2.37. The molecule has 2 heterocycles. The standard InChI is InChI=1S/C19H27N5S.HI/c1-15(2)18-22-16(14-25-18)13-21-19(20-3)24-11-9-23(10-12-24)17-7-5-4-6-8-17;/h4-8,14-15H,9-13H2,1-3H3,(H,20,21);1H. The maximum atomic E-state index is 4.69. The van der Waals surface area contributed by atoms with Gasteiger partial charge in [0, 0.05) is 50.2 Å². The van der Waals surface area contributed by atoms with Crippen molar-refractivity contribution in [2.45, 2.75) is 26.3 Å². The number of benzene rings is 1. The molecule has 3 rings (SSSR count). The maximum Gasteiger partial charge on any atom is 0.194 e. The van der Waals surface area contributed by atoms with E-state index in [1.807, 2.05) is 7.05 Å². The first-order valence-corrected chi connectivity index (χ1v) is 9.75. The summed E-state index contributed by atoms with van der Waals surface area (Å²) < 4.78 is 0. The molecule has 0 aliphatic carbocycles. The van der Waals surface area contributed by atoms with Gasteiger partial charge in [-0.2, -0.15) is 0 Å². The molecule has 1 saturated heterocycles. The highest BCUT2D eigenvalue weighted by Gasteiger charge is 2.19. The van der Waals surface area contributed by atoms with Gasteiger partial charge in [-0.05, 0) is 12.1 Å². The van der Waals surface area contributed by atoms with Crippen LogP contribution in [0.5, 0.6) is 0 Å². The SMILES string of the molecule is CN=C(NCc1csc(C(C)C)n1)N1CCN(c2ccccc2)CC1.I. The van der Waals surface area contributed by atoms with E-state index in [0.29, 0.717) is 5.92 Å². The van der Waals surface area contributed by atoms with Crippen LogP contribution in [0.25, 0.3) is 0 Å². The number of halogens is 1. The van der Waals surface area contributed by atoms with Gasteiger partial charge in [-0.15, -0.1) is 35.3 Å². The van der Waals surface area contributed by atoms with Crippen LogP contribution < -0.4 is 10.2 Å². The number of para-hydroxylation sites is 1. The summed E-state index contributed by atoms with van der Waals surface area (Å²) in [6, 6.07) is 10.6. The Hall–Kier alpha value is -1.35. The van der Waals surface area contributed by atoms with E-state index in [-0.39, 0.29) is 24.0 Å². The van der Waals surface area contributed by atoms with E-state index in [1.54, 1.807) is 11.3 Å². The van der Waals surface area contributed by atoms with E-state index in [9.17, 15) is 0 Å². The van der Waals surface area contributed by atoms with Crippen LogP contribution in [0.4, 0.5) is 5.69 Å². The van der Waals surface area contributed by atoms with E-state index >= 15 is 0 Å². The first kappa shape index (κ1) is 21.0. The molecule has 2 aromatic rings. The van der Waals surface area contributed by atoms with Crippen molar-refractivity contribution < 1.29 is 0 Å². The van der Waals surface area contributed by atoms with Crippen LogP contribution in [-0.2, 0) is 6.54 Å². The molecule has 0 atom stereocenters. The molecule has 1 N–H and O–H groups in total. The fourth-order valence-corrected chi connectivity index (χ4v) is 3.82. The number of nitrogens with zero attached hydrogens (tertiary/aromatic N) is 4. The van der Waals surface area contributed by atoms with Gasteiger partial charge in [0.1, 0.15) is 0 Å². The Labute approximate surface area is 177 Å². The van der Waals surface area contributed by atoms with Gasteiger partial charge in [0.05, 0.1) is 17.2 Å². The zero-order chi connectivity index (χ0) is 17.6. The Morgan fingerprint density at radius 2 is 1.88 bits per heavy atom. The summed E-state index contributed by atoms with van der Waals surface area (Å²) in [6.07, 6.45) is 0. The Bertz CT molecular complexity index is 693. The number of aromatic nitrogens is 1. The number of hydrogen-bond acceptors (Lipinski definition) is 4. The topological polar surface area (TPSA) is 43.8 Å². The third-order valence-electron chi connectivity index (χ3n) is 4.40. The van der Waals surface area contributed by atoms with Gasteiger partial charge in [-0.1, -0.05) is 32.0 Å². The maximum absolute atomic E-state index is 4.69. The van der Waals surface area contributed by atoms with Gasteiger partial charge in [0.25, 0.3) is 0 Å². The Morgan fingerprint density at radius 3 is 2.46 bits per heavy atom. The minimum Gasteiger partial charge on any atom is -0.368 e. The summed E-state index contributed by atoms with van der Waals surface area (Å²) in [6.45, 7) is 9.07. The number of thiazole rings is 1. The number of piperazine rings is 1. The van der Waals surface area contributed by atoms with Gasteiger partial charge in [0.15, 0.2) is 5.96 Å².